The summed E-state index contributed by atoms with van der Waals surface area (Å²) in [6, 6.07) is 4.95. The van der Waals surface area contributed by atoms with Gasteiger partial charge in [-0.1, -0.05) is 6.07 Å². The molecule has 0 atom stereocenters. The van der Waals surface area contributed by atoms with E-state index in [2.05, 4.69) is 0 Å². The maximum atomic E-state index is 10.6. The number of hydrogen-bond donors (Lipinski definition) is 1. The number of methoxy groups -OCH3 is 1. The zero-order valence-electron chi connectivity index (χ0n) is 9.97. The Bertz CT molecular complexity index is 444. The number of primary amides is 1. The SMILES string of the molecule is COc1cc(CCC(=O)[O-])ccc1OCC(N)=O. The first-order chi connectivity index (χ1) is 8.52. The van der Waals surface area contributed by atoms with E-state index in [1.165, 1.54) is 7.11 Å². The van der Waals surface area contributed by atoms with Gasteiger partial charge in [0.05, 0.1) is 7.11 Å². The van der Waals surface area contributed by atoms with Gasteiger partial charge in [0.15, 0.2) is 18.1 Å². The number of carbonyl (C=O) groups is 2. The first-order valence-electron chi connectivity index (χ1n) is 5.30. The summed E-state index contributed by atoms with van der Waals surface area (Å²) < 4.78 is 10.2. The van der Waals surface area contributed by atoms with E-state index < -0.39 is 11.9 Å². The fourth-order valence-corrected chi connectivity index (χ4v) is 1.38. The number of ether oxygens (including phenoxy) is 2. The van der Waals surface area contributed by atoms with Crippen molar-refractivity contribution in [1.29, 1.82) is 0 Å². The molecule has 1 aromatic carbocycles. The maximum Gasteiger partial charge on any atom is 0.255 e. The number of carbonyl (C=O) groups excluding carboxylic acids is 2. The van der Waals surface area contributed by atoms with Crippen LogP contribution in [0.15, 0.2) is 18.2 Å². The van der Waals surface area contributed by atoms with Gasteiger partial charge in [-0.25, -0.2) is 0 Å². The molecule has 0 fully saturated rings. The average molecular weight is 252 g/mol. The van der Waals surface area contributed by atoms with Crippen LogP contribution in [0.3, 0.4) is 0 Å². The lowest BCUT2D eigenvalue weighted by Crippen LogP contribution is -2.22. The van der Waals surface area contributed by atoms with E-state index in [0.29, 0.717) is 17.9 Å². The molecule has 0 aliphatic carbocycles. The number of benzene rings is 1. The molecule has 2 N–H and O–H groups in total. The molecule has 6 heteroatoms. The summed E-state index contributed by atoms with van der Waals surface area (Å²) in [6.07, 6.45) is 0.277. The van der Waals surface area contributed by atoms with Gasteiger partial charge in [0.25, 0.3) is 5.91 Å². The lowest BCUT2D eigenvalue weighted by molar-refractivity contribution is -0.305. The Hall–Kier alpha value is -2.24. The van der Waals surface area contributed by atoms with Gasteiger partial charge >= 0.3 is 0 Å². The van der Waals surface area contributed by atoms with Gasteiger partial charge in [-0.05, 0) is 30.5 Å². The van der Waals surface area contributed by atoms with E-state index >= 15 is 0 Å². The van der Waals surface area contributed by atoms with Crippen LogP contribution in [0.4, 0.5) is 0 Å². The van der Waals surface area contributed by atoms with Crippen molar-refractivity contribution in [1.82, 2.24) is 0 Å². The van der Waals surface area contributed by atoms with Crippen LogP contribution >= 0.6 is 0 Å². The zero-order chi connectivity index (χ0) is 13.5. The quantitative estimate of drug-likeness (QED) is 0.687. The third-order valence-electron chi connectivity index (χ3n) is 2.22. The Morgan fingerprint density at radius 1 is 1.33 bits per heavy atom. The molecule has 0 aliphatic rings. The van der Waals surface area contributed by atoms with Crippen molar-refractivity contribution in [2.24, 2.45) is 5.73 Å². The molecule has 0 bridgehead atoms. The Balaban J connectivity index is 2.75. The van der Waals surface area contributed by atoms with Crippen LogP contribution in [0.2, 0.25) is 0 Å². The van der Waals surface area contributed by atoms with Crippen molar-refractivity contribution < 1.29 is 24.2 Å². The van der Waals surface area contributed by atoms with E-state index in [1.807, 2.05) is 0 Å². The van der Waals surface area contributed by atoms with Crippen LogP contribution < -0.4 is 20.3 Å². The monoisotopic (exact) mass is 252 g/mol. The molecule has 0 saturated heterocycles. The van der Waals surface area contributed by atoms with E-state index in [0.717, 1.165) is 5.56 Å². The summed E-state index contributed by atoms with van der Waals surface area (Å²) in [5, 5.41) is 10.4. The minimum atomic E-state index is -1.11. The van der Waals surface area contributed by atoms with Crippen LogP contribution in [-0.4, -0.2) is 25.6 Å². The molecule has 1 rings (SSSR count). The summed E-state index contributed by atoms with van der Waals surface area (Å²) in [5.74, 6) is -0.887. The van der Waals surface area contributed by atoms with Crippen molar-refractivity contribution in [2.45, 2.75) is 12.8 Å². The lowest BCUT2D eigenvalue weighted by atomic mass is 10.1. The fourth-order valence-electron chi connectivity index (χ4n) is 1.38. The lowest BCUT2D eigenvalue weighted by Gasteiger charge is -2.11. The van der Waals surface area contributed by atoms with Gasteiger partial charge in [0.2, 0.25) is 0 Å². The summed E-state index contributed by atoms with van der Waals surface area (Å²) in [7, 11) is 1.45. The summed E-state index contributed by atoms with van der Waals surface area (Å²) in [4.78, 5) is 21.0. The highest BCUT2D eigenvalue weighted by atomic mass is 16.5. The Kier molecular flexibility index (Phi) is 4.98. The van der Waals surface area contributed by atoms with Crippen molar-refractivity contribution in [2.75, 3.05) is 13.7 Å². The van der Waals surface area contributed by atoms with Gasteiger partial charge in [-0.3, -0.25) is 4.79 Å². The normalized spacial score (nSPS) is 9.83. The second-order valence-corrected chi connectivity index (χ2v) is 3.61. The summed E-state index contributed by atoms with van der Waals surface area (Å²) in [5.41, 5.74) is 5.75. The molecule has 0 unspecified atom stereocenters. The standard InChI is InChI=1S/C12H15NO5/c1-17-10-6-8(3-5-12(15)16)2-4-9(10)18-7-11(13)14/h2,4,6H,3,5,7H2,1H3,(H2,13,14)(H,15,16)/p-1. The molecule has 0 heterocycles. The van der Waals surface area contributed by atoms with E-state index in [1.54, 1.807) is 18.2 Å². The summed E-state index contributed by atoms with van der Waals surface area (Å²) in [6.45, 7) is -0.241. The van der Waals surface area contributed by atoms with Crippen LogP contribution in [0.1, 0.15) is 12.0 Å². The van der Waals surface area contributed by atoms with E-state index in [9.17, 15) is 14.7 Å². The highest BCUT2D eigenvalue weighted by Crippen LogP contribution is 2.28. The largest absolute Gasteiger partial charge is 0.550 e. The number of amides is 1. The molecular formula is C12H14NO5-. The average Bonchev–Trinajstić information content (AvgIpc) is 2.34. The topological polar surface area (TPSA) is 102 Å². The molecule has 98 valence electrons. The minimum absolute atomic E-state index is 0.0648. The van der Waals surface area contributed by atoms with Gasteiger partial charge in [-0.2, -0.15) is 0 Å². The molecule has 0 aromatic heterocycles. The van der Waals surface area contributed by atoms with E-state index in [-0.39, 0.29) is 13.0 Å². The Labute approximate surface area is 104 Å². The molecule has 1 aromatic rings. The van der Waals surface area contributed by atoms with Crippen molar-refractivity contribution in [3.8, 4) is 11.5 Å². The Morgan fingerprint density at radius 2 is 2.06 bits per heavy atom. The van der Waals surface area contributed by atoms with Crippen LogP contribution in [-0.2, 0) is 16.0 Å². The number of aliphatic carboxylic acids is 1. The highest BCUT2D eigenvalue weighted by molar-refractivity contribution is 5.75. The molecular weight excluding hydrogens is 238 g/mol. The predicted octanol–water partition coefficient (Wildman–Crippen LogP) is -0.758. The third-order valence-corrected chi connectivity index (χ3v) is 2.22. The van der Waals surface area contributed by atoms with Gasteiger partial charge in [0.1, 0.15) is 0 Å². The summed E-state index contributed by atoms with van der Waals surface area (Å²) >= 11 is 0. The second-order valence-electron chi connectivity index (χ2n) is 3.61. The zero-order valence-corrected chi connectivity index (χ0v) is 9.97. The van der Waals surface area contributed by atoms with Crippen molar-refractivity contribution >= 4 is 11.9 Å². The van der Waals surface area contributed by atoms with Gasteiger partial charge in [0, 0.05) is 5.97 Å². The third kappa shape index (κ3) is 4.32. The molecule has 18 heavy (non-hydrogen) atoms. The molecule has 6 nitrogen and oxygen atoms in total. The number of carboxylic acid groups (broad SMARTS) is 1. The van der Waals surface area contributed by atoms with Crippen LogP contribution in [0.5, 0.6) is 11.5 Å². The van der Waals surface area contributed by atoms with Crippen molar-refractivity contribution in [3.63, 3.8) is 0 Å². The van der Waals surface area contributed by atoms with Crippen LogP contribution in [0.25, 0.3) is 0 Å². The Morgan fingerprint density at radius 3 is 2.61 bits per heavy atom. The first kappa shape index (κ1) is 13.8. The van der Waals surface area contributed by atoms with E-state index in [4.69, 9.17) is 15.2 Å². The molecule has 0 aliphatic heterocycles. The molecule has 1 amide bonds. The highest BCUT2D eigenvalue weighted by Gasteiger charge is 2.07. The van der Waals surface area contributed by atoms with Crippen LogP contribution in [0, 0.1) is 0 Å². The molecule has 0 spiro atoms. The maximum absolute atomic E-state index is 10.6. The number of carboxylic acids is 1. The number of rotatable bonds is 7. The molecule has 0 radical (unpaired) electrons. The van der Waals surface area contributed by atoms with Gasteiger partial charge in [-0.15, -0.1) is 0 Å². The second kappa shape index (κ2) is 6.48. The first-order valence-corrected chi connectivity index (χ1v) is 5.30. The number of aryl methyl sites for hydroxylation is 1. The van der Waals surface area contributed by atoms with Crippen molar-refractivity contribution in [3.05, 3.63) is 23.8 Å². The minimum Gasteiger partial charge on any atom is -0.550 e. The smallest absolute Gasteiger partial charge is 0.255 e. The fraction of sp³-hybridized carbons (Fsp3) is 0.333. The molecule has 0 saturated carbocycles. The van der Waals surface area contributed by atoms with Gasteiger partial charge < -0.3 is 25.1 Å². The number of nitrogens with two attached hydrogens (primary N) is 1. The number of hydrogen-bond acceptors (Lipinski definition) is 5. The predicted molar refractivity (Wildman–Crippen MR) is 61.0 cm³/mol.